The summed E-state index contributed by atoms with van der Waals surface area (Å²) in [7, 11) is 2.08. The normalized spacial score (nSPS) is 18.4. The van der Waals surface area contributed by atoms with Crippen molar-refractivity contribution in [2.45, 2.75) is 38.7 Å². The second-order valence-corrected chi connectivity index (χ2v) is 4.75. The maximum Gasteiger partial charge on any atom is 0.0900 e. The fraction of sp³-hybridized carbons (Fsp3) is 1.00. The molecule has 1 aliphatic carbocycles. The van der Waals surface area contributed by atoms with Gasteiger partial charge in [0.15, 0.2) is 0 Å². The van der Waals surface area contributed by atoms with Crippen LogP contribution in [0.2, 0.25) is 0 Å². The molecule has 0 aromatic carbocycles. The zero-order chi connectivity index (χ0) is 11.1. The Morgan fingerprint density at radius 2 is 2.20 bits per heavy atom. The summed E-state index contributed by atoms with van der Waals surface area (Å²) in [6.45, 7) is 5.27. The van der Waals surface area contributed by atoms with E-state index in [1.165, 1.54) is 12.8 Å². The third kappa shape index (κ3) is 6.88. The fourth-order valence-corrected chi connectivity index (χ4v) is 1.69. The molecule has 0 aromatic heterocycles. The van der Waals surface area contributed by atoms with Gasteiger partial charge in [-0.1, -0.05) is 13.3 Å². The van der Waals surface area contributed by atoms with Crippen LogP contribution in [-0.2, 0) is 4.74 Å². The first-order valence-electron chi connectivity index (χ1n) is 6.16. The lowest BCUT2D eigenvalue weighted by Crippen LogP contribution is -2.33. The van der Waals surface area contributed by atoms with Crippen LogP contribution in [0.3, 0.4) is 0 Å². The molecule has 1 atom stereocenters. The van der Waals surface area contributed by atoms with Gasteiger partial charge in [0.25, 0.3) is 0 Å². The van der Waals surface area contributed by atoms with Crippen molar-refractivity contribution in [3.63, 3.8) is 0 Å². The second kappa shape index (κ2) is 7.20. The van der Waals surface area contributed by atoms with Crippen LogP contribution in [0.1, 0.15) is 32.6 Å². The van der Waals surface area contributed by atoms with Crippen LogP contribution in [-0.4, -0.2) is 49.5 Å². The van der Waals surface area contributed by atoms with E-state index in [1.54, 1.807) is 0 Å². The largest absolute Gasteiger partial charge is 0.389 e. The Morgan fingerprint density at radius 1 is 1.47 bits per heavy atom. The molecule has 3 nitrogen and oxygen atoms in total. The highest BCUT2D eigenvalue weighted by Gasteiger charge is 2.23. The first-order chi connectivity index (χ1) is 7.22. The van der Waals surface area contributed by atoms with Crippen molar-refractivity contribution in [3.8, 4) is 0 Å². The number of rotatable bonds is 9. The van der Waals surface area contributed by atoms with Gasteiger partial charge in [-0.25, -0.2) is 0 Å². The minimum absolute atomic E-state index is 0.328. The molecule has 1 fully saturated rings. The molecule has 0 heterocycles. The van der Waals surface area contributed by atoms with Crippen molar-refractivity contribution < 1.29 is 9.84 Å². The third-order valence-electron chi connectivity index (χ3n) is 2.74. The lowest BCUT2D eigenvalue weighted by atomic mass is 10.3. The van der Waals surface area contributed by atoms with Gasteiger partial charge in [-0.2, -0.15) is 0 Å². The molecule has 0 radical (unpaired) electrons. The van der Waals surface area contributed by atoms with E-state index >= 15 is 0 Å². The summed E-state index contributed by atoms with van der Waals surface area (Å²) >= 11 is 0. The minimum atomic E-state index is -0.328. The third-order valence-corrected chi connectivity index (χ3v) is 2.74. The molecular formula is C12H25NO2. The second-order valence-electron chi connectivity index (χ2n) is 4.75. The Hall–Kier alpha value is -0.120. The van der Waals surface area contributed by atoms with Crippen LogP contribution in [0.4, 0.5) is 0 Å². The van der Waals surface area contributed by atoms with Crippen molar-refractivity contribution >= 4 is 0 Å². The SMILES string of the molecule is CCCCOCC(O)CN(C)CC1CC1. The number of ether oxygens (including phenoxy) is 1. The van der Waals surface area contributed by atoms with E-state index in [4.69, 9.17) is 4.74 Å². The molecule has 1 saturated carbocycles. The van der Waals surface area contributed by atoms with E-state index in [2.05, 4.69) is 18.9 Å². The molecule has 1 N–H and O–H groups in total. The van der Waals surface area contributed by atoms with Gasteiger partial charge >= 0.3 is 0 Å². The monoisotopic (exact) mass is 215 g/mol. The van der Waals surface area contributed by atoms with E-state index in [0.717, 1.165) is 38.5 Å². The van der Waals surface area contributed by atoms with Gasteiger partial charge in [-0.3, -0.25) is 0 Å². The zero-order valence-electron chi connectivity index (χ0n) is 10.1. The van der Waals surface area contributed by atoms with E-state index in [0.29, 0.717) is 6.61 Å². The van der Waals surface area contributed by atoms with E-state index in [-0.39, 0.29) is 6.10 Å². The van der Waals surface area contributed by atoms with Crippen molar-refractivity contribution in [3.05, 3.63) is 0 Å². The molecule has 0 aliphatic heterocycles. The molecule has 0 saturated heterocycles. The van der Waals surface area contributed by atoms with E-state index in [9.17, 15) is 5.11 Å². The van der Waals surface area contributed by atoms with Gasteiger partial charge in [0, 0.05) is 19.7 Å². The molecule has 0 spiro atoms. The average Bonchev–Trinajstić information content (AvgIpc) is 2.96. The van der Waals surface area contributed by atoms with Crippen molar-refractivity contribution in [2.24, 2.45) is 5.92 Å². The highest BCUT2D eigenvalue weighted by Crippen LogP contribution is 2.29. The predicted molar refractivity (Wildman–Crippen MR) is 62.0 cm³/mol. The molecule has 1 unspecified atom stereocenters. The Morgan fingerprint density at radius 3 is 2.80 bits per heavy atom. The number of aliphatic hydroxyl groups is 1. The summed E-state index contributed by atoms with van der Waals surface area (Å²) < 4.78 is 5.38. The highest BCUT2D eigenvalue weighted by molar-refractivity contribution is 4.76. The number of aliphatic hydroxyl groups excluding tert-OH is 1. The number of likely N-dealkylation sites (N-methyl/N-ethyl adjacent to an activating group) is 1. The van der Waals surface area contributed by atoms with Gasteiger partial charge in [0.2, 0.25) is 0 Å². The summed E-state index contributed by atoms with van der Waals surface area (Å²) in [5.74, 6) is 0.892. The van der Waals surface area contributed by atoms with Crippen molar-refractivity contribution in [2.75, 3.05) is 33.4 Å². The lowest BCUT2D eigenvalue weighted by Gasteiger charge is -2.20. The maximum absolute atomic E-state index is 9.69. The molecular weight excluding hydrogens is 190 g/mol. The number of nitrogens with zero attached hydrogens (tertiary/aromatic N) is 1. The van der Waals surface area contributed by atoms with Gasteiger partial charge in [-0.15, -0.1) is 0 Å². The smallest absolute Gasteiger partial charge is 0.0900 e. The van der Waals surface area contributed by atoms with Crippen molar-refractivity contribution in [1.29, 1.82) is 0 Å². The first kappa shape index (κ1) is 12.9. The van der Waals surface area contributed by atoms with Gasteiger partial charge in [0.1, 0.15) is 0 Å². The molecule has 15 heavy (non-hydrogen) atoms. The Labute approximate surface area is 93.4 Å². The van der Waals surface area contributed by atoms with E-state index in [1.807, 2.05) is 0 Å². The van der Waals surface area contributed by atoms with Gasteiger partial charge in [0.05, 0.1) is 12.7 Å². The van der Waals surface area contributed by atoms with Crippen molar-refractivity contribution in [1.82, 2.24) is 4.90 Å². The summed E-state index contributed by atoms with van der Waals surface area (Å²) in [5.41, 5.74) is 0. The molecule has 1 aliphatic rings. The standard InChI is InChI=1S/C12H25NO2/c1-3-4-7-15-10-12(14)9-13(2)8-11-5-6-11/h11-12,14H,3-10H2,1-2H3. The lowest BCUT2D eigenvalue weighted by molar-refractivity contribution is 0.0193. The summed E-state index contributed by atoms with van der Waals surface area (Å²) in [4.78, 5) is 2.21. The van der Waals surface area contributed by atoms with Crippen LogP contribution >= 0.6 is 0 Å². The summed E-state index contributed by atoms with van der Waals surface area (Å²) in [6.07, 6.45) is 4.65. The van der Waals surface area contributed by atoms with Crippen LogP contribution in [0.5, 0.6) is 0 Å². The molecule has 0 aromatic rings. The Bertz CT molecular complexity index is 160. The Balaban J connectivity index is 1.93. The number of hydrogen-bond acceptors (Lipinski definition) is 3. The fourth-order valence-electron chi connectivity index (χ4n) is 1.69. The molecule has 0 amide bonds. The van der Waals surface area contributed by atoms with Gasteiger partial charge in [-0.05, 0) is 32.2 Å². The predicted octanol–water partition coefficient (Wildman–Crippen LogP) is 1.51. The van der Waals surface area contributed by atoms with Crippen LogP contribution in [0.15, 0.2) is 0 Å². The molecule has 90 valence electrons. The molecule has 0 bridgehead atoms. The quantitative estimate of drug-likeness (QED) is 0.592. The average molecular weight is 215 g/mol. The summed E-state index contributed by atoms with van der Waals surface area (Å²) in [5, 5.41) is 9.69. The highest BCUT2D eigenvalue weighted by atomic mass is 16.5. The summed E-state index contributed by atoms with van der Waals surface area (Å²) in [6, 6.07) is 0. The molecule has 3 heteroatoms. The van der Waals surface area contributed by atoms with E-state index < -0.39 is 0 Å². The Kier molecular flexibility index (Phi) is 6.22. The first-order valence-corrected chi connectivity index (χ1v) is 6.16. The molecule has 1 rings (SSSR count). The number of hydrogen-bond donors (Lipinski definition) is 1. The van der Waals surface area contributed by atoms with Crippen LogP contribution in [0, 0.1) is 5.92 Å². The zero-order valence-corrected chi connectivity index (χ0v) is 10.1. The van der Waals surface area contributed by atoms with Gasteiger partial charge < -0.3 is 14.7 Å². The van der Waals surface area contributed by atoms with Crippen LogP contribution < -0.4 is 0 Å². The topological polar surface area (TPSA) is 32.7 Å². The number of unbranched alkanes of at least 4 members (excludes halogenated alkanes) is 1. The minimum Gasteiger partial charge on any atom is -0.389 e. The van der Waals surface area contributed by atoms with Crippen LogP contribution in [0.25, 0.3) is 0 Å². The maximum atomic E-state index is 9.69.